The van der Waals surface area contributed by atoms with Crippen molar-refractivity contribution in [3.05, 3.63) is 0 Å². The number of hydrogen-bond acceptors (Lipinski definition) is 3. The molecule has 2 heterocycles. The van der Waals surface area contributed by atoms with Crippen LogP contribution in [0.1, 0.15) is 44.9 Å². The summed E-state index contributed by atoms with van der Waals surface area (Å²) in [4.78, 5) is 0. The molecule has 19 heavy (non-hydrogen) atoms. The quantitative estimate of drug-likeness (QED) is 0.827. The summed E-state index contributed by atoms with van der Waals surface area (Å²) in [7, 11) is -1.30. The van der Waals surface area contributed by atoms with E-state index in [4.69, 9.17) is 0 Å². The zero-order valence-corrected chi connectivity index (χ0v) is 12.8. The lowest BCUT2D eigenvalue weighted by Crippen LogP contribution is -2.52. The van der Waals surface area contributed by atoms with Crippen LogP contribution in [0.5, 0.6) is 0 Å². The first kappa shape index (κ1) is 15.2. The van der Waals surface area contributed by atoms with Gasteiger partial charge in [-0.05, 0) is 45.7 Å². The van der Waals surface area contributed by atoms with Gasteiger partial charge in [0, 0.05) is 25.7 Å². The highest BCUT2D eigenvalue weighted by Gasteiger charge is 2.36. The van der Waals surface area contributed by atoms with Crippen LogP contribution in [0.15, 0.2) is 0 Å². The third kappa shape index (κ3) is 3.68. The summed E-state index contributed by atoms with van der Waals surface area (Å²) >= 11 is 0. The van der Waals surface area contributed by atoms with E-state index in [2.05, 4.69) is 5.32 Å². The first-order valence-electron chi connectivity index (χ1n) is 7.58. The summed E-state index contributed by atoms with van der Waals surface area (Å²) in [5.74, 6) is 0. The van der Waals surface area contributed by atoms with Gasteiger partial charge in [-0.1, -0.05) is 12.8 Å². The number of nitrogens with one attached hydrogen (secondary N) is 1. The zero-order chi connectivity index (χ0) is 13.7. The van der Waals surface area contributed by atoms with Gasteiger partial charge in [0.25, 0.3) is 10.2 Å². The lowest BCUT2D eigenvalue weighted by atomic mass is 10.0. The van der Waals surface area contributed by atoms with E-state index in [0.29, 0.717) is 19.6 Å². The SMILES string of the molecule is CNCCC1CCCCN1S(=O)(=O)N1CCCCC1. The molecule has 112 valence electrons. The maximum atomic E-state index is 12.7. The van der Waals surface area contributed by atoms with Crippen molar-refractivity contribution in [1.82, 2.24) is 13.9 Å². The van der Waals surface area contributed by atoms with E-state index in [0.717, 1.165) is 51.5 Å². The summed E-state index contributed by atoms with van der Waals surface area (Å²) in [5, 5.41) is 3.13. The van der Waals surface area contributed by atoms with Crippen LogP contribution >= 0.6 is 0 Å². The standard InChI is InChI=1S/C13H27N3O2S/c1-14-9-8-13-7-3-6-12-16(13)19(17,18)15-10-4-2-5-11-15/h13-14H,2-12H2,1H3. The Morgan fingerprint density at radius 1 is 1.05 bits per heavy atom. The molecule has 1 atom stereocenters. The fraction of sp³-hybridized carbons (Fsp3) is 1.00. The molecule has 1 unspecified atom stereocenters. The molecule has 0 bridgehead atoms. The van der Waals surface area contributed by atoms with Crippen molar-refractivity contribution in [3.63, 3.8) is 0 Å². The molecule has 0 aromatic carbocycles. The van der Waals surface area contributed by atoms with Gasteiger partial charge in [-0.2, -0.15) is 17.0 Å². The van der Waals surface area contributed by atoms with Crippen molar-refractivity contribution in [2.24, 2.45) is 0 Å². The van der Waals surface area contributed by atoms with Gasteiger partial charge in [0.05, 0.1) is 0 Å². The number of hydrogen-bond donors (Lipinski definition) is 1. The van der Waals surface area contributed by atoms with E-state index in [9.17, 15) is 8.42 Å². The fourth-order valence-corrected chi connectivity index (χ4v) is 5.08. The zero-order valence-electron chi connectivity index (χ0n) is 12.0. The molecule has 2 fully saturated rings. The molecule has 0 amide bonds. The molecule has 0 saturated carbocycles. The van der Waals surface area contributed by atoms with Gasteiger partial charge in [-0.3, -0.25) is 0 Å². The molecule has 1 N–H and O–H groups in total. The molecule has 0 spiro atoms. The smallest absolute Gasteiger partial charge is 0.282 e. The lowest BCUT2D eigenvalue weighted by Gasteiger charge is -2.39. The molecule has 2 rings (SSSR count). The molecule has 2 aliphatic heterocycles. The van der Waals surface area contributed by atoms with E-state index < -0.39 is 10.2 Å². The Morgan fingerprint density at radius 3 is 2.42 bits per heavy atom. The Labute approximate surface area is 117 Å². The average Bonchev–Trinajstić information content (AvgIpc) is 2.46. The first-order valence-corrected chi connectivity index (χ1v) is 8.97. The maximum absolute atomic E-state index is 12.7. The van der Waals surface area contributed by atoms with Crippen LogP contribution in [0.25, 0.3) is 0 Å². The van der Waals surface area contributed by atoms with Crippen molar-refractivity contribution in [1.29, 1.82) is 0 Å². The maximum Gasteiger partial charge on any atom is 0.282 e. The summed E-state index contributed by atoms with van der Waals surface area (Å²) in [6.45, 7) is 3.00. The van der Waals surface area contributed by atoms with Crippen LogP contribution in [0.2, 0.25) is 0 Å². The van der Waals surface area contributed by atoms with Crippen LogP contribution in [-0.2, 0) is 10.2 Å². The van der Waals surface area contributed by atoms with Gasteiger partial charge in [-0.25, -0.2) is 0 Å². The predicted octanol–water partition coefficient (Wildman–Crippen LogP) is 1.18. The third-order valence-electron chi connectivity index (χ3n) is 4.24. The highest BCUT2D eigenvalue weighted by atomic mass is 32.2. The number of nitrogens with zero attached hydrogens (tertiary/aromatic N) is 2. The first-order chi connectivity index (χ1) is 9.16. The molecule has 0 aliphatic carbocycles. The van der Waals surface area contributed by atoms with Gasteiger partial charge in [-0.15, -0.1) is 0 Å². The fourth-order valence-electron chi connectivity index (χ4n) is 3.12. The second-order valence-corrected chi connectivity index (χ2v) is 7.50. The van der Waals surface area contributed by atoms with Crippen LogP contribution in [0.3, 0.4) is 0 Å². The second kappa shape index (κ2) is 7.02. The molecule has 2 saturated heterocycles. The van der Waals surface area contributed by atoms with Crippen LogP contribution in [-0.4, -0.2) is 56.3 Å². The normalized spacial score (nSPS) is 27.5. The van der Waals surface area contributed by atoms with E-state index in [-0.39, 0.29) is 6.04 Å². The third-order valence-corrected chi connectivity index (χ3v) is 6.33. The van der Waals surface area contributed by atoms with Gasteiger partial charge >= 0.3 is 0 Å². The van der Waals surface area contributed by atoms with Crippen molar-refractivity contribution >= 4 is 10.2 Å². The van der Waals surface area contributed by atoms with Gasteiger partial charge in [0.1, 0.15) is 0 Å². The van der Waals surface area contributed by atoms with E-state index in [1.165, 1.54) is 0 Å². The van der Waals surface area contributed by atoms with E-state index in [1.807, 2.05) is 7.05 Å². The van der Waals surface area contributed by atoms with Crippen LogP contribution < -0.4 is 5.32 Å². The molecule has 2 aliphatic rings. The van der Waals surface area contributed by atoms with Crippen molar-refractivity contribution in [2.45, 2.75) is 51.0 Å². The highest BCUT2D eigenvalue weighted by Crippen LogP contribution is 2.26. The summed E-state index contributed by atoms with van der Waals surface area (Å²) in [6.07, 6.45) is 7.26. The van der Waals surface area contributed by atoms with Crippen LogP contribution in [0, 0.1) is 0 Å². The summed E-state index contributed by atoms with van der Waals surface area (Å²) < 4.78 is 29.0. The Balaban J connectivity index is 2.06. The topological polar surface area (TPSA) is 52.7 Å². The molecule has 0 aromatic heterocycles. The molecular formula is C13H27N3O2S. The largest absolute Gasteiger partial charge is 0.320 e. The Kier molecular flexibility index (Phi) is 5.62. The van der Waals surface area contributed by atoms with Crippen molar-refractivity contribution in [2.75, 3.05) is 33.2 Å². The number of rotatable bonds is 5. The predicted molar refractivity (Wildman–Crippen MR) is 77.2 cm³/mol. The summed E-state index contributed by atoms with van der Waals surface area (Å²) in [5.41, 5.74) is 0. The second-order valence-electron chi connectivity index (χ2n) is 5.62. The average molecular weight is 289 g/mol. The Bertz CT molecular complexity index is 366. The van der Waals surface area contributed by atoms with Crippen molar-refractivity contribution < 1.29 is 8.42 Å². The summed E-state index contributed by atoms with van der Waals surface area (Å²) in [6, 6.07) is 0.188. The Morgan fingerprint density at radius 2 is 1.74 bits per heavy atom. The van der Waals surface area contributed by atoms with Gasteiger partial charge in [0.15, 0.2) is 0 Å². The lowest BCUT2D eigenvalue weighted by molar-refractivity contribution is 0.215. The molecule has 0 aromatic rings. The van der Waals surface area contributed by atoms with Gasteiger partial charge < -0.3 is 5.32 Å². The molecule has 5 nitrogen and oxygen atoms in total. The van der Waals surface area contributed by atoms with E-state index in [1.54, 1.807) is 8.61 Å². The minimum absolute atomic E-state index is 0.188. The minimum atomic E-state index is -3.23. The van der Waals surface area contributed by atoms with Crippen molar-refractivity contribution in [3.8, 4) is 0 Å². The van der Waals surface area contributed by atoms with Gasteiger partial charge in [0.2, 0.25) is 0 Å². The molecule has 0 radical (unpaired) electrons. The highest BCUT2D eigenvalue weighted by molar-refractivity contribution is 7.86. The molecular weight excluding hydrogens is 262 g/mol. The molecule has 6 heteroatoms. The minimum Gasteiger partial charge on any atom is -0.320 e. The Hall–Kier alpha value is -0.170. The number of piperidine rings is 2. The monoisotopic (exact) mass is 289 g/mol. The van der Waals surface area contributed by atoms with E-state index >= 15 is 0 Å². The van der Waals surface area contributed by atoms with Crippen LogP contribution in [0.4, 0.5) is 0 Å².